The third-order valence-corrected chi connectivity index (χ3v) is 3.97. The van der Waals surface area contributed by atoms with Crippen molar-refractivity contribution in [2.75, 3.05) is 5.73 Å². The van der Waals surface area contributed by atoms with Crippen molar-refractivity contribution in [1.82, 2.24) is 15.1 Å². The number of hydrogen-bond donors (Lipinski definition) is 1. The Bertz CT molecular complexity index is 796. The second-order valence-electron chi connectivity index (χ2n) is 5.21. The summed E-state index contributed by atoms with van der Waals surface area (Å²) in [6, 6.07) is 10.2. The molecular weight excluding hydrogens is 264 g/mol. The van der Waals surface area contributed by atoms with Crippen LogP contribution >= 0.6 is 0 Å². The maximum absolute atomic E-state index is 5.90. The summed E-state index contributed by atoms with van der Waals surface area (Å²) in [4.78, 5) is 8.51. The number of nitrogen functional groups attached to an aromatic ring is 1. The summed E-state index contributed by atoms with van der Waals surface area (Å²) in [5.41, 5.74) is 9.85. The first kappa shape index (κ1) is 12.1. The van der Waals surface area contributed by atoms with Crippen LogP contribution in [0.2, 0.25) is 0 Å². The zero-order valence-corrected chi connectivity index (χ0v) is 11.4. The minimum Gasteiger partial charge on any atom is -0.397 e. The van der Waals surface area contributed by atoms with Gasteiger partial charge in [0.25, 0.3) is 5.89 Å². The third-order valence-electron chi connectivity index (χ3n) is 3.97. The van der Waals surface area contributed by atoms with E-state index in [4.69, 9.17) is 10.3 Å². The number of rotatable bonds is 2. The molecule has 0 saturated carbocycles. The summed E-state index contributed by atoms with van der Waals surface area (Å²) in [6.45, 7) is 0. The number of pyridine rings is 1. The molecule has 3 aromatic rings. The summed E-state index contributed by atoms with van der Waals surface area (Å²) in [6.07, 6.45) is 5.33. The number of benzene rings is 1. The molecule has 0 saturated heterocycles. The van der Waals surface area contributed by atoms with E-state index in [0.29, 0.717) is 11.6 Å². The Balaban J connectivity index is 1.72. The highest BCUT2D eigenvalue weighted by molar-refractivity contribution is 5.68. The molecule has 104 valence electrons. The lowest BCUT2D eigenvalue weighted by Gasteiger charge is -2.05. The minimum absolute atomic E-state index is 0.210. The Morgan fingerprint density at radius 2 is 2.10 bits per heavy atom. The summed E-state index contributed by atoms with van der Waals surface area (Å²) < 4.78 is 5.39. The first-order chi connectivity index (χ1) is 10.3. The predicted octanol–water partition coefficient (Wildman–Crippen LogP) is 2.79. The molecule has 0 bridgehead atoms. The van der Waals surface area contributed by atoms with Gasteiger partial charge in [-0.25, -0.2) is 0 Å². The van der Waals surface area contributed by atoms with E-state index in [2.05, 4.69) is 39.4 Å². The van der Waals surface area contributed by atoms with E-state index in [1.807, 2.05) is 0 Å². The number of fused-ring (bicyclic) bond motifs is 1. The van der Waals surface area contributed by atoms with E-state index in [-0.39, 0.29) is 5.92 Å². The number of aryl methyl sites for hydroxylation is 1. The minimum atomic E-state index is 0.210. The van der Waals surface area contributed by atoms with Gasteiger partial charge in [0, 0.05) is 12.1 Å². The number of anilines is 1. The second kappa shape index (κ2) is 4.70. The van der Waals surface area contributed by atoms with Crippen LogP contribution in [0.1, 0.15) is 29.3 Å². The lowest BCUT2D eigenvalue weighted by molar-refractivity contribution is 0.419. The predicted molar refractivity (Wildman–Crippen MR) is 78.5 cm³/mol. The van der Waals surface area contributed by atoms with Crippen molar-refractivity contribution in [2.24, 2.45) is 0 Å². The van der Waals surface area contributed by atoms with Gasteiger partial charge >= 0.3 is 0 Å². The first-order valence-electron chi connectivity index (χ1n) is 6.94. The van der Waals surface area contributed by atoms with Gasteiger partial charge in [-0.1, -0.05) is 29.4 Å². The van der Waals surface area contributed by atoms with E-state index < -0.39 is 0 Å². The Labute approximate surface area is 121 Å². The first-order valence-corrected chi connectivity index (χ1v) is 6.94. The van der Waals surface area contributed by atoms with Gasteiger partial charge in [-0.15, -0.1) is 0 Å². The monoisotopic (exact) mass is 278 g/mol. The second-order valence-corrected chi connectivity index (χ2v) is 5.21. The highest BCUT2D eigenvalue weighted by Crippen LogP contribution is 2.37. The Morgan fingerprint density at radius 1 is 1.19 bits per heavy atom. The van der Waals surface area contributed by atoms with Gasteiger partial charge < -0.3 is 10.3 Å². The van der Waals surface area contributed by atoms with Crippen LogP contribution in [-0.4, -0.2) is 15.1 Å². The highest BCUT2D eigenvalue weighted by Gasteiger charge is 2.28. The van der Waals surface area contributed by atoms with Crippen LogP contribution < -0.4 is 5.73 Å². The number of hydrogen-bond acceptors (Lipinski definition) is 5. The van der Waals surface area contributed by atoms with Gasteiger partial charge in [0.2, 0.25) is 0 Å². The van der Waals surface area contributed by atoms with Crippen LogP contribution in [0, 0.1) is 0 Å². The van der Waals surface area contributed by atoms with Crippen molar-refractivity contribution in [2.45, 2.75) is 18.8 Å². The van der Waals surface area contributed by atoms with Crippen LogP contribution in [0.4, 0.5) is 5.69 Å². The Kier molecular flexibility index (Phi) is 2.70. The van der Waals surface area contributed by atoms with Crippen LogP contribution in [0.3, 0.4) is 0 Å². The summed E-state index contributed by atoms with van der Waals surface area (Å²) >= 11 is 0. The van der Waals surface area contributed by atoms with Gasteiger partial charge in [-0.2, -0.15) is 4.98 Å². The molecule has 1 aliphatic rings. The molecule has 2 N–H and O–H groups in total. The molecule has 0 spiro atoms. The molecule has 1 atom stereocenters. The Morgan fingerprint density at radius 3 is 3.00 bits per heavy atom. The molecule has 0 radical (unpaired) electrons. The fourth-order valence-electron chi connectivity index (χ4n) is 2.91. The van der Waals surface area contributed by atoms with Crippen molar-refractivity contribution >= 4 is 5.69 Å². The third kappa shape index (κ3) is 1.98. The van der Waals surface area contributed by atoms with Gasteiger partial charge in [-0.05, 0) is 30.0 Å². The molecule has 1 unspecified atom stereocenters. The molecule has 1 aromatic carbocycles. The largest absolute Gasteiger partial charge is 0.397 e. The number of nitrogens with zero attached hydrogens (tertiary/aromatic N) is 3. The fraction of sp³-hybridized carbons (Fsp3) is 0.188. The van der Waals surface area contributed by atoms with Crippen LogP contribution in [0.15, 0.2) is 47.2 Å². The molecule has 2 aromatic heterocycles. The standard InChI is InChI=1S/C16H14N4O/c17-14-9-18-8-7-13(14)16-19-15(20-21-16)12-6-5-10-3-1-2-4-11(10)12/h1-4,7-9,12H,5-6,17H2. The fourth-order valence-corrected chi connectivity index (χ4v) is 2.91. The molecule has 5 heteroatoms. The lowest BCUT2D eigenvalue weighted by Crippen LogP contribution is -1.98. The lowest BCUT2D eigenvalue weighted by atomic mass is 10.0. The quantitative estimate of drug-likeness (QED) is 0.779. The average Bonchev–Trinajstić information content (AvgIpc) is 3.14. The van der Waals surface area contributed by atoms with Crippen molar-refractivity contribution in [3.05, 3.63) is 59.7 Å². The van der Waals surface area contributed by atoms with E-state index >= 15 is 0 Å². The van der Waals surface area contributed by atoms with Gasteiger partial charge in [-0.3, -0.25) is 4.98 Å². The van der Waals surface area contributed by atoms with Crippen LogP contribution in [0.5, 0.6) is 0 Å². The molecule has 0 fully saturated rings. The van der Waals surface area contributed by atoms with Gasteiger partial charge in [0.05, 0.1) is 17.4 Å². The number of nitrogens with two attached hydrogens (primary N) is 1. The molecule has 4 rings (SSSR count). The molecule has 5 nitrogen and oxygen atoms in total. The topological polar surface area (TPSA) is 77.8 Å². The summed E-state index contributed by atoms with van der Waals surface area (Å²) in [5.74, 6) is 1.39. The van der Waals surface area contributed by atoms with Crippen molar-refractivity contribution < 1.29 is 4.52 Å². The zero-order valence-electron chi connectivity index (χ0n) is 11.4. The zero-order chi connectivity index (χ0) is 14.2. The Hall–Kier alpha value is -2.69. The van der Waals surface area contributed by atoms with Crippen molar-refractivity contribution in [3.63, 3.8) is 0 Å². The normalized spacial score (nSPS) is 16.9. The van der Waals surface area contributed by atoms with Gasteiger partial charge in [0.15, 0.2) is 5.82 Å². The summed E-state index contributed by atoms with van der Waals surface area (Å²) in [5, 5.41) is 4.15. The average molecular weight is 278 g/mol. The molecule has 1 aliphatic carbocycles. The van der Waals surface area contributed by atoms with Gasteiger partial charge in [0.1, 0.15) is 0 Å². The van der Waals surface area contributed by atoms with Crippen molar-refractivity contribution in [1.29, 1.82) is 0 Å². The van der Waals surface area contributed by atoms with Crippen molar-refractivity contribution in [3.8, 4) is 11.5 Å². The summed E-state index contributed by atoms with van der Waals surface area (Å²) in [7, 11) is 0. The molecule has 21 heavy (non-hydrogen) atoms. The molecule has 0 aliphatic heterocycles. The number of aromatic nitrogens is 3. The SMILES string of the molecule is Nc1cnccc1-c1nc(C2CCc3ccccc32)no1. The highest BCUT2D eigenvalue weighted by atomic mass is 16.5. The van der Waals surface area contributed by atoms with E-state index in [9.17, 15) is 0 Å². The molecule has 0 amide bonds. The van der Waals surface area contributed by atoms with E-state index in [0.717, 1.165) is 24.2 Å². The smallest absolute Gasteiger partial charge is 0.260 e. The van der Waals surface area contributed by atoms with E-state index in [1.165, 1.54) is 11.1 Å². The van der Waals surface area contributed by atoms with Crippen LogP contribution in [-0.2, 0) is 6.42 Å². The van der Waals surface area contributed by atoms with Crippen LogP contribution in [0.25, 0.3) is 11.5 Å². The maximum Gasteiger partial charge on any atom is 0.260 e. The van der Waals surface area contributed by atoms with E-state index in [1.54, 1.807) is 18.5 Å². The molecular formula is C16H14N4O. The maximum atomic E-state index is 5.90. The molecule has 2 heterocycles.